The number of ether oxygens (including phenoxy) is 1. The molecule has 2 N–H and O–H groups in total. The van der Waals surface area contributed by atoms with Crippen molar-refractivity contribution in [3.63, 3.8) is 0 Å². The summed E-state index contributed by atoms with van der Waals surface area (Å²) in [6.07, 6.45) is 1.63. The Morgan fingerprint density at radius 1 is 1.14 bits per heavy atom. The highest BCUT2D eigenvalue weighted by Crippen LogP contribution is 2.23. The largest absolute Gasteiger partial charge is 0.478 e. The second-order valence-corrected chi connectivity index (χ2v) is 4.52. The van der Waals surface area contributed by atoms with Gasteiger partial charge in [-0.3, -0.25) is 0 Å². The molecule has 0 aliphatic carbocycles. The standard InChI is InChI=1S/C17H17NO3/c1-13(17(19)20)10-11-18-14-6-5-9-16(12-14)21-15-7-3-2-4-8-15/h2-10,12,18H,11H2,1H3,(H,19,20)/b13-10-. The third-order valence-corrected chi connectivity index (χ3v) is 2.86. The molecule has 2 rings (SSSR count). The molecule has 2 aromatic carbocycles. The predicted molar refractivity (Wildman–Crippen MR) is 82.8 cm³/mol. The van der Waals surface area contributed by atoms with Crippen LogP contribution in [0.5, 0.6) is 11.5 Å². The fraction of sp³-hybridized carbons (Fsp3) is 0.118. The highest BCUT2D eigenvalue weighted by Gasteiger charge is 2.00. The van der Waals surface area contributed by atoms with Gasteiger partial charge in [-0.05, 0) is 31.2 Å². The van der Waals surface area contributed by atoms with Crippen molar-refractivity contribution in [1.82, 2.24) is 0 Å². The Kier molecular flexibility index (Phi) is 4.99. The van der Waals surface area contributed by atoms with Gasteiger partial charge in [0.05, 0.1) is 0 Å². The normalized spacial score (nSPS) is 11.0. The lowest BCUT2D eigenvalue weighted by Crippen LogP contribution is -2.03. The number of anilines is 1. The zero-order valence-corrected chi connectivity index (χ0v) is 11.7. The molecular formula is C17H17NO3. The van der Waals surface area contributed by atoms with Gasteiger partial charge in [0.1, 0.15) is 11.5 Å². The number of carboxylic acids is 1. The average Bonchev–Trinajstić information content (AvgIpc) is 2.48. The molecule has 4 heteroatoms. The van der Waals surface area contributed by atoms with E-state index in [1.54, 1.807) is 13.0 Å². The van der Waals surface area contributed by atoms with Crippen LogP contribution in [-0.2, 0) is 4.79 Å². The molecule has 0 aliphatic rings. The molecule has 0 aliphatic heterocycles. The molecule has 0 amide bonds. The maximum atomic E-state index is 10.7. The summed E-state index contributed by atoms with van der Waals surface area (Å²) >= 11 is 0. The number of rotatable bonds is 6. The molecule has 0 saturated heterocycles. The van der Waals surface area contributed by atoms with Gasteiger partial charge in [0.25, 0.3) is 0 Å². The number of carboxylic acid groups (broad SMARTS) is 1. The van der Waals surface area contributed by atoms with Crippen molar-refractivity contribution in [2.75, 3.05) is 11.9 Å². The van der Waals surface area contributed by atoms with Crippen molar-refractivity contribution in [2.24, 2.45) is 0 Å². The van der Waals surface area contributed by atoms with E-state index < -0.39 is 5.97 Å². The van der Waals surface area contributed by atoms with Gasteiger partial charge in [-0.1, -0.05) is 30.3 Å². The van der Waals surface area contributed by atoms with Crippen molar-refractivity contribution in [3.05, 3.63) is 66.2 Å². The molecule has 2 aromatic rings. The van der Waals surface area contributed by atoms with E-state index in [2.05, 4.69) is 5.32 Å². The fourth-order valence-corrected chi connectivity index (χ4v) is 1.70. The van der Waals surface area contributed by atoms with Gasteiger partial charge < -0.3 is 15.2 Å². The highest BCUT2D eigenvalue weighted by atomic mass is 16.5. The number of nitrogens with one attached hydrogen (secondary N) is 1. The summed E-state index contributed by atoms with van der Waals surface area (Å²) in [6, 6.07) is 17.1. The Bertz CT molecular complexity index is 635. The van der Waals surface area contributed by atoms with Gasteiger partial charge in [0, 0.05) is 23.9 Å². The third kappa shape index (κ3) is 4.69. The maximum absolute atomic E-state index is 10.7. The molecule has 4 nitrogen and oxygen atoms in total. The number of hydrogen-bond donors (Lipinski definition) is 2. The molecule has 0 unspecified atom stereocenters. The summed E-state index contributed by atoms with van der Waals surface area (Å²) in [5.74, 6) is 0.597. The lowest BCUT2D eigenvalue weighted by molar-refractivity contribution is -0.132. The Morgan fingerprint density at radius 3 is 2.57 bits per heavy atom. The van der Waals surface area contributed by atoms with Gasteiger partial charge >= 0.3 is 5.97 Å². The number of carbonyl (C=O) groups is 1. The van der Waals surface area contributed by atoms with Crippen molar-refractivity contribution < 1.29 is 14.6 Å². The van der Waals surface area contributed by atoms with E-state index in [9.17, 15) is 4.79 Å². The summed E-state index contributed by atoms with van der Waals surface area (Å²) in [4.78, 5) is 10.7. The minimum atomic E-state index is -0.905. The van der Waals surface area contributed by atoms with Gasteiger partial charge in [-0.25, -0.2) is 4.79 Å². The monoisotopic (exact) mass is 283 g/mol. The molecular weight excluding hydrogens is 266 g/mol. The Labute approximate surface area is 123 Å². The van der Waals surface area contributed by atoms with E-state index in [-0.39, 0.29) is 0 Å². The molecule has 0 aromatic heterocycles. The average molecular weight is 283 g/mol. The molecule has 0 radical (unpaired) electrons. The van der Waals surface area contributed by atoms with Gasteiger partial charge in [-0.2, -0.15) is 0 Å². The molecule has 0 heterocycles. The fourth-order valence-electron chi connectivity index (χ4n) is 1.70. The summed E-state index contributed by atoms with van der Waals surface area (Å²) in [7, 11) is 0. The van der Waals surface area contributed by atoms with Crippen LogP contribution in [0.25, 0.3) is 0 Å². The summed E-state index contributed by atoms with van der Waals surface area (Å²) in [5, 5.41) is 11.9. The third-order valence-electron chi connectivity index (χ3n) is 2.86. The van der Waals surface area contributed by atoms with Crippen LogP contribution in [0.15, 0.2) is 66.2 Å². The Balaban J connectivity index is 1.98. The number of hydrogen-bond acceptors (Lipinski definition) is 3. The van der Waals surface area contributed by atoms with Crippen LogP contribution in [0.1, 0.15) is 6.92 Å². The van der Waals surface area contributed by atoms with E-state index in [0.717, 1.165) is 17.2 Å². The van der Waals surface area contributed by atoms with Crippen LogP contribution < -0.4 is 10.1 Å². The predicted octanol–water partition coefficient (Wildman–Crippen LogP) is 3.92. The quantitative estimate of drug-likeness (QED) is 0.789. The van der Waals surface area contributed by atoms with Crippen LogP contribution in [-0.4, -0.2) is 17.6 Å². The van der Waals surface area contributed by atoms with E-state index in [1.165, 1.54) is 0 Å². The number of benzene rings is 2. The first-order valence-electron chi connectivity index (χ1n) is 6.62. The first-order chi connectivity index (χ1) is 10.1. The van der Waals surface area contributed by atoms with E-state index in [1.807, 2.05) is 54.6 Å². The van der Waals surface area contributed by atoms with E-state index in [4.69, 9.17) is 9.84 Å². The SMILES string of the molecule is C/C(=C/CNc1cccc(Oc2ccccc2)c1)C(=O)O. The van der Waals surface area contributed by atoms with Crippen molar-refractivity contribution in [2.45, 2.75) is 6.92 Å². The molecule has 0 fully saturated rings. The molecule has 0 spiro atoms. The Morgan fingerprint density at radius 2 is 1.86 bits per heavy atom. The molecule has 0 saturated carbocycles. The first kappa shape index (κ1) is 14.7. The first-order valence-corrected chi connectivity index (χ1v) is 6.62. The van der Waals surface area contributed by atoms with E-state index in [0.29, 0.717) is 12.1 Å². The van der Waals surface area contributed by atoms with Crippen LogP contribution in [0, 0.1) is 0 Å². The van der Waals surface area contributed by atoms with Gasteiger partial charge in [-0.15, -0.1) is 0 Å². The lowest BCUT2D eigenvalue weighted by atomic mass is 10.2. The zero-order valence-electron chi connectivity index (χ0n) is 11.7. The van der Waals surface area contributed by atoms with Crippen LogP contribution >= 0.6 is 0 Å². The van der Waals surface area contributed by atoms with Crippen LogP contribution in [0.2, 0.25) is 0 Å². The second kappa shape index (κ2) is 7.14. The highest BCUT2D eigenvalue weighted by molar-refractivity contribution is 5.85. The smallest absolute Gasteiger partial charge is 0.331 e. The molecule has 0 atom stereocenters. The maximum Gasteiger partial charge on any atom is 0.331 e. The Hall–Kier alpha value is -2.75. The summed E-state index contributed by atoms with van der Waals surface area (Å²) in [6.45, 7) is 2.02. The van der Waals surface area contributed by atoms with Crippen molar-refractivity contribution in [1.29, 1.82) is 0 Å². The minimum absolute atomic E-state index is 0.319. The summed E-state index contributed by atoms with van der Waals surface area (Å²) in [5.41, 5.74) is 1.19. The molecule has 108 valence electrons. The van der Waals surface area contributed by atoms with Crippen molar-refractivity contribution >= 4 is 11.7 Å². The van der Waals surface area contributed by atoms with Crippen LogP contribution in [0.3, 0.4) is 0 Å². The van der Waals surface area contributed by atoms with Gasteiger partial charge in [0.15, 0.2) is 0 Å². The summed E-state index contributed by atoms with van der Waals surface area (Å²) < 4.78 is 5.74. The number of aliphatic carboxylic acids is 1. The molecule has 0 bridgehead atoms. The topological polar surface area (TPSA) is 58.6 Å². The van der Waals surface area contributed by atoms with E-state index >= 15 is 0 Å². The molecule has 21 heavy (non-hydrogen) atoms. The lowest BCUT2D eigenvalue weighted by Gasteiger charge is -2.08. The minimum Gasteiger partial charge on any atom is -0.478 e. The number of para-hydroxylation sites is 1. The van der Waals surface area contributed by atoms with Gasteiger partial charge in [0.2, 0.25) is 0 Å². The van der Waals surface area contributed by atoms with Crippen molar-refractivity contribution in [3.8, 4) is 11.5 Å². The second-order valence-electron chi connectivity index (χ2n) is 4.52. The zero-order chi connectivity index (χ0) is 15.1. The van der Waals surface area contributed by atoms with Crippen LogP contribution in [0.4, 0.5) is 5.69 Å².